The highest BCUT2D eigenvalue weighted by Crippen LogP contribution is 2.24. The lowest BCUT2D eigenvalue weighted by molar-refractivity contribution is 0.386. The molecule has 0 aliphatic rings. The van der Waals surface area contributed by atoms with Gasteiger partial charge in [-0.15, -0.1) is 0 Å². The van der Waals surface area contributed by atoms with Gasteiger partial charge in [-0.25, -0.2) is 0 Å². The maximum Gasteiger partial charge on any atom is 0.170 e. The Hall–Kier alpha value is -2.42. The average molecular weight is 244 g/mol. The molecule has 1 rings (SSSR count). The average Bonchev–Trinajstić information content (AvgIpc) is 2.85. The molecule has 0 bridgehead atoms. The fourth-order valence-corrected chi connectivity index (χ4v) is 1.34. The van der Waals surface area contributed by atoms with E-state index in [1.165, 1.54) is 12.5 Å². The van der Waals surface area contributed by atoms with E-state index >= 15 is 0 Å². The maximum atomic E-state index is 5.63. The highest BCUT2D eigenvalue weighted by atomic mass is 16.5. The zero-order valence-electron chi connectivity index (χ0n) is 10.4. The third-order valence-electron chi connectivity index (χ3n) is 2.04. The van der Waals surface area contributed by atoms with Crippen LogP contribution in [-0.2, 0) is 9.47 Å². The molecule has 1 aromatic heterocycles. The van der Waals surface area contributed by atoms with Gasteiger partial charge in [0.1, 0.15) is 0 Å². The van der Waals surface area contributed by atoms with Crippen molar-refractivity contribution >= 4 is 11.5 Å². The van der Waals surface area contributed by atoms with E-state index in [0.717, 1.165) is 0 Å². The van der Waals surface area contributed by atoms with Crippen molar-refractivity contribution in [2.45, 2.75) is 6.92 Å². The van der Waals surface area contributed by atoms with E-state index in [9.17, 15) is 0 Å². The summed E-state index contributed by atoms with van der Waals surface area (Å²) in [5, 5.41) is 0. The first-order valence-corrected chi connectivity index (χ1v) is 5.41. The lowest BCUT2D eigenvalue weighted by atomic mass is 10.3. The van der Waals surface area contributed by atoms with Crippen molar-refractivity contribution in [2.75, 3.05) is 0 Å². The van der Waals surface area contributed by atoms with Gasteiger partial charge in [-0.05, 0) is 31.2 Å². The van der Waals surface area contributed by atoms with Crippen molar-refractivity contribution in [1.29, 1.82) is 0 Å². The number of hydrogen-bond donors (Lipinski definition) is 0. The Morgan fingerprint density at radius 3 is 2.11 bits per heavy atom. The van der Waals surface area contributed by atoms with Crippen LogP contribution in [0, 0.1) is 0 Å². The first kappa shape index (κ1) is 13.6. The summed E-state index contributed by atoms with van der Waals surface area (Å²) in [7, 11) is 0. The minimum absolute atomic E-state index is 0.528. The van der Waals surface area contributed by atoms with Gasteiger partial charge in [0.2, 0.25) is 0 Å². The second kappa shape index (κ2) is 7.01. The highest BCUT2D eigenvalue weighted by molar-refractivity contribution is 5.61. The molecule has 1 heterocycles. The first-order valence-electron chi connectivity index (χ1n) is 5.41. The maximum absolute atomic E-state index is 5.63. The molecule has 0 fully saturated rings. The van der Waals surface area contributed by atoms with E-state index < -0.39 is 0 Å². The molecule has 0 unspecified atom stereocenters. The van der Waals surface area contributed by atoms with Gasteiger partial charge in [0.05, 0.1) is 12.5 Å². The third-order valence-corrected chi connectivity index (χ3v) is 2.04. The van der Waals surface area contributed by atoms with Crippen LogP contribution in [0.2, 0.25) is 0 Å². The fraction of sp³-hybridized carbons (Fsp3) is 0.0667. The molecule has 3 heteroatoms. The van der Waals surface area contributed by atoms with Crippen LogP contribution in [0.15, 0.2) is 67.0 Å². The van der Waals surface area contributed by atoms with Crippen molar-refractivity contribution in [2.24, 2.45) is 0 Å². The summed E-state index contributed by atoms with van der Waals surface area (Å²) in [6, 6.07) is 3.57. The second-order valence-electron chi connectivity index (χ2n) is 3.15. The van der Waals surface area contributed by atoms with Gasteiger partial charge in [0.15, 0.2) is 23.0 Å². The predicted octanol–water partition coefficient (Wildman–Crippen LogP) is 4.49. The lowest BCUT2D eigenvalue weighted by Gasteiger charge is -2.03. The van der Waals surface area contributed by atoms with Crippen molar-refractivity contribution in [1.82, 2.24) is 0 Å². The molecule has 0 aliphatic carbocycles. The smallest absolute Gasteiger partial charge is 0.170 e. The van der Waals surface area contributed by atoms with Gasteiger partial charge in [0.25, 0.3) is 0 Å². The van der Waals surface area contributed by atoms with Crippen LogP contribution in [0.5, 0.6) is 0 Å². The van der Waals surface area contributed by atoms with E-state index in [1.54, 1.807) is 30.4 Å². The fourth-order valence-electron chi connectivity index (χ4n) is 1.34. The molecule has 0 saturated heterocycles. The Balaban J connectivity index is 3.03. The van der Waals surface area contributed by atoms with E-state index in [2.05, 4.69) is 19.7 Å². The lowest BCUT2D eigenvalue weighted by Crippen LogP contribution is -1.84. The molecule has 0 aliphatic heterocycles. The molecule has 3 nitrogen and oxygen atoms in total. The summed E-state index contributed by atoms with van der Waals surface area (Å²) < 4.78 is 16.1. The molecule has 18 heavy (non-hydrogen) atoms. The summed E-state index contributed by atoms with van der Waals surface area (Å²) in [5.74, 6) is 2.28. The first-order chi connectivity index (χ1) is 8.76. The Kier molecular flexibility index (Phi) is 5.32. The molecular weight excluding hydrogens is 228 g/mol. The quantitative estimate of drug-likeness (QED) is 0.523. The molecule has 94 valence electrons. The number of hydrogen-bond acceptors (Lipinski definition) is 3. The second-order valence-corrected chi connectivity index (χ2v) is 3.15. The van der Waals surface area contributed by atoms with Crippen LogP contribution in [-0.4, -0.2) is 0 Å². The van der Waals surface area contributed by atoms with E-state index in [0.29, 0.717) is 23.0 Å². The van der Waals surface area contributed by atoms with Crippen LogP contribution in [0.1, 0.15) is 18.4 Å². The predicted molar refractivity (Wildman–Crippen MR) is 73.1 cm³/mol. The minimum Gasteiger partial charge on any atom is -0.462 e. The summed E-state index contributed by atoms with van der Waals surface area (Å²) >= 11 is 0. The van der Waals surface area contributed by atoms with Crippen molar-refractivity contribution in [3.05, 3.63) is 74.1 Å². The molecule has 0 atom stereocenters. The molecule has 0 spiro atoms. The van der Waals surface area contributed by atoms with Gasteiger partial charge in [-0.3, -0.25) is 0 Å². The summed E-state index contributed by atoms with van der Waals surface area (Å²) in [4.78, 5) is 0. The van der Waals surface area contributed by atoms with Gasteiger partial charge in [-0.2, -0.15) is 0 Å². The van der Waals surface area contributed by atoms with Gasteiger partial charge < -0.3 is 13.9 Å². The van der Waals surface area contributed by atoms with Crippen molar-refractivity contribution < 1.29 is 13.9 Å². The summed E-state index contributed by atoms with van der Waals surface area (Å²) in [6.45, 7) is 12.5. The van der Waals surface area contributed by atoms with Crippen LogP contribution in [0.3, 0.4) is 0 Å². The number of allylic oxidation sites excluding steroid dienone is 3. The van der Waals surface area contributed by atoms with Crippen molar-refractivity contribution in [3.63, 3.8) is 0 Å². The van der Waals surface area contributed by atoms with Crippen LogP contribution in [0.25, 0.3) is 11.5 Å². The van der Waals surface area contributed by atoms with Crippen LogP contribution in [0.4, 0.5) is 0 Å². The summed E-state index contributed by atoms with van der Waals surface area (Å²) in [5.41, 5.74) is 0. The highest BCUT2D eigenvalue weighted by Gasteiger charge is 2.11. The molecular formula is C15H16O3. The Morgan fingerprint density at radius 2 is 1.61 bits per heavy atom. The largest absolute Gasteiger partial charge is 0.462 e. The standard InChI is InChI=1S/C15H16O3/c1-5-9-13(17-8-4)15-11-10-14(18-15)12(6-2)16-7-3/h5-11H,1,3-4H2,2H3/b12-6-,13-9-. The topological polar surface area (TPSA) is 31.6 Å². The zero-order chi connectivity index (χ0) is 13.4. The monoisotopic (exact) mass is 244 g/mol. The molecule has 0 radical (unpaired) electrons. The van der Waals surface area contributed by atoms with Gasteiger partial charge in [-0.1, -0.05) is 25.8 Å². The minimum atomic E-state index is 0.528. The van der Waals surface area contributed by atoms with E-state index in [4.69, 9.17) is 13.9 Å². The number of ether oxygens (including phenoxy) is 2. The Morgan fingerprint density at radius 1 is 1.06 bits per heavy atom. The number of rotatable bonds is 7. The van der Waals surface area contributed by atoms with Gasteiger partial charge in [0, 0.05) is 0 Å². The molecule has 0 aromatic carbocycles. The Bertz CT molecular complexity index is 490. The zero-order valence-corrected chi connectivity index (χ0v) is 10.4. The van der Waals surface area contributed by atoms with E-state index in [-0.39, 0.29) is 0 Å². The number of furan rings is 1. The van der Waals surface area contributed by atoms with Gasteiger partial charge >= 0.3 is 0 Å². The summed E-state index contributed by atoms with van der Waals surface area (Å²) in [6.07, 6.45) is 7.76. The normalized spacial score (nSPS) is 11.8. The van der Waals surface area contributed by atoms with E-state index in [1.807, 2.05) is 6.92 Å². The molecule has 1 aromatic rings. The molecule has 0 amide bonds. The van der Waals surface area contributed by atoms with Crippen LogP contribution >= 0.6 is 0 Å². The molecule has 0 N–H and O–H groups in total. The SMILES string of the molecule is C=C/C=C(\OC=C)c1ccc(/C(=C/C)OC=C)o1. The van der Waals surface area contributed by atoms with Crippen molar-refractivity contribution in [3.8, 4) is 0 Å². The third kappa shape index (κ3) is 3.28. The van der Waals surface area contributed by atoms with Crippen LogP contribution < -0.4 is 0 Å². The molecule has 0 saturated carbocycles. The Labute approximate surface area is 107 Å².